The topological polar surface area (TPSA) is 92.2 Å². The number of hydrogen-bond acceptors (Lipinski definition) is 7. The van der Waals surface area contributed by atoms with Crippen LogP contribution in [0.5, 0.6) is 5.75 Å². The van der Waals surface area contributed by atoms with E-state index in [1.54, 1.807) is 0 Å². The van der Waals surface area contributed by atoms with Crippen molar-refractivity contribution in [3.05, 3.63) is 81.9 Å². The van der Waals surface area contributed by atoms with Crippen LogP contribution in [0.25, 0.3) is 10.9 Å². The second-order valence-electron chi connectivity index (χ2n) is 8.97. The largest absolute Gasteiger partial charge is 0.494 e. The molecule has 9 heteroatoms. The van der Waals surface area contributed by atoms with Crippen molar-refractivity contribution >= 4 is 10.9 Å². The van der Waals surface area contributed by atoms with E-state index < -0.39 is 0 Å². The van der Waals surface area contributed by atoms with E-state index in [9.17, 15) is 4.79 Å². The molecule has 5 rings (SSSR count). The average molecular weight is 474 g/mol. The Morgan fingerprint density at radius 3 is 2.63 bits per heavy atom. The normalized spacial score (nSPS) is 15.9. The molecule has 35 heavy (non-hydrogen) atoms. The first-order valence-corrected chi connectivity index (χ1v) is 12.1. The van der Waals surface area contributed by atoms with Crippen LogP contribution in [0.2, 0.25) is 0 Å². The molecule has 4 aromatic rings. The minimum Gasteiger partial charge on any atom is -0.494 e. The molecule has 0 radical (unpaired) electrons. The van der Waals surface area contributed by atoms with Crippen LogP contribution < -0.4 is 10.3 Å². The van der Waals surface area contributed by atoms with Gasteiger partial charge in [0.1, 0.15) is 11.8 Å². The van der Waals surface area contributed by atoms with E-state index in [0.717, 1.165) is 49.3 Å². The minimum atomic E-state index is -0.349. The second-order valence-corrected chi connectivity index (χ2v) is 8.97. The molecule has 1 unspecified atom stereocenters. The molecule has 0 amide bonds. The number of aromatic amines is 1. The molecule has 0 aliphatic carbocycles. The first kappa shape index (κ1) is 23.2. The number of pyridine rings is 1. The van der Waals surface area contributed by atoms with Crippen LogP contribution >= 0.6 is 0 Å². The average Bonchev–Trinajstić information content (AvgIpc) is 3.33. The lowest BCUT2D eigenvalue weighted by molar-refractivity contribution is 0.121. The van der Waals surface area contributed by atoms with Gasteiger partial charge in [-0.2, -0.15) is 0 Å². The molecule has 1 aliphatic heterocycles. The van der Waals surface area contributed by atoms with Crippen LogP contribution in [-0.4, -0.2) is 74.8 Å². The van der Waals surface area contributed by atoms with Crippen LogP contribution in [0.15, 0.2) is 59.4 Å². The fraction of sp³-hybridized carbons (Fsp3) is 0.385. The summed E-state index contributed by atoms with van der Waals surface area (Å²) in [4.78, 5) is 21.1. The number of nitrogens with zero attached hydrogens (tertiary/aromatic N) is 6. The molecular formula is C26H31N7O2. The van der Waals surface area contributed by atoms with Gasteiger partial charge in [0.2, 0.25) is 0 Å². The van der Waals surface area contributed by atoms with Crippen molar-refractivity contribution in [2.45, 2.75) is 25.9 Å². The first-order valence-electron chi connectivity index (χ1n) is 12.1. The zero-order chi connectivity index (χ0) is 24.2. The summed E-state index contributed by atoms with van der Waals surface area (Å²) in [6.45, 7) is 6.66. The number of H-pyrrole nitrogens is 1. The Hall–Kier alpha value is -3.56. The molecule has 9 nitrogen and oxygen atoms in total. The highest BCUT2D eigenvalue weighted by molar-refractivity contribution is 5.80. The van der Waals surface area contributed by atoms with Crippen molar-refractivity contribution in [1.82, 2.24) is 35.0 Å². The number of likely N-dealkylation sites (N-methyl/N-ethyl adjacent to an activating group) is 1. The first-order chi connectivity index (χ1) is 17.1. The highest BCUT2D eigenvalue weighted by atomic mass is 16.5. The molecule has 1 atom stereocenters. The van der Waals surface area contributed by atoms with Crippen molar-refractivity contribution in [2.75, 3.05) is 39.8 Å². The van der Waals surface area contributed by atoms with E-state index in [1.165, 1.54) is 5.56 Å². The van der Waals surface area contributed by atoms with Gasteiger partial charge in [-0.1, -0.05) is 30.3 Å². The highest BCUT2D eigenvalue weighted by Crippen LogP contribution is 2.29. The number of rotatable bonds is 8. The Balaban J connectivity index is 1.55. The Bertz CT molecular complexity index is 1330. The zero-order valence-corrected chi connectivity index (χ0v) is 20.2. The molecule has 1 N–H and O–H groups in total. The lowest BCUT2D eigenvalue weighted by Gasteiger charge is -2.37. The molecule has 182 valence electrons. The van der Waals surface area contributed by atoms with Gasteiger partial charge < -0.3 is 14.6 Å². The van der Waals surface area contributed by atoms with Crippen LogP contribution in [0.1, 0.15) is 29.9 Å². The lowest BCUT2D eigenvalue weighted by atomic mass is 10.0. The summed E-state index contributed by atoms with van der Waals surface area (Å²) in [5, 5.41) is 13.7. The van der Waals surface area contributed by atoms with Gasteiger partial charge in [-0.05, 0) is 60.6 Å². The van der Waals surface area contributed by atoms with Crippen molar-refractivity contribution in [3.63, 3.8) is 0 Å². The summed E-state index contributed by atoms with van der Waals surface area (Å²) < 4.78 is 7.54. The van der Waals surface area contributed by atoms with E-state index in [0.29, 0.717) is 24.5 Å². The number of fused-ring (bicyclic) bond motifs is 1. The standard InChI is InChI=1S/C26H31N7O2/c1-3-35-21-9-10-23-20(17-21)18-22(26(34)27-23)24(32-15-13-31(2)14-16-32)25-28-29-30-33(25)12-11-19-7-5-4-6-8-19/h4-10,17-18,24H,3,11-16H2,1-2H3,(H,27,34). The molecule has 0 spiro atoms. The smallest absolute Gasteiger partial charge is 0.253 e. The third-order valence-corrected chi connectivity index (χ3v) is 6.61. The number of ether oxygens (including phenoxy) is 1. The maximum atomic E-state index is 13.4. The SMILES string of the molecule is CCOc1ccc2[nH]c(=O)c(C(c3nnnn3CCc3ccccc3)N3CCN(C)CC3)cc2c1. The highest BCUT2D eigenvalue weighted by Gasteiger charge is 2.32. The van der Waals surface area contributed by atoms with Crippen molar-refractivity contribution < 1.29 is 4.74 Å². The van der Waals surface area contributed by atoms with E-state index in [2.05, 4.69) is 49.5 Å². The van der Waals surface area contributed by atoms with Gasteiger partial charge in [-0.3, -0.25) is 9.69 Å². The van der Waals surface area contributed by atoms with E-state index >= 15 is 0 Å². The van der Waals surface area contributed by atoms with E-state index in [-0.39, 0.29) is 11.6 Å². The number of nitrogens with one attached hydrogen (secondary N) is 1. The summed E-state index contributed by atoms with van der Waals surface area (Å²) in [6, 6.07) is 17.6. The van der Waals surface area contributed by atoms with Crippen LogP contribution in [0, 0.1) is 0 Å². The van der Waals surface area contributed by atoms with Gasteiger partial charge in [-0.25, -0.2) is 4.68 Å². The third-order valence-electron chi connectivity index (χ3n) is 6.61. The number of piperazine rings is 1. The molecule has 2 aromatic carbocycles. The number of aryl methyl sites for hydroxylation is 2. The van der Waals surface area contributed by atoms with Gasteiger partial charge >= 0.3 is 0 Å². The molecule has 0 saturated carbocycles. The predicted molar refractivity (Wildman–Crippen MR) is 135 cm³/mol. The van der Waals surface area contributed by atoms with Crippen LogP contribution in [0.3, 0.4) is 0 Å². The molecule has 2 aromatic heterocycles. The molecule has 1 aliphatic rings. The van der Waals surface area contributed by atoms with Gasteiger partial charge in [-0.15, -0.1) is 5.10 Å². The quantitative estimate of drug-likeness (QED) is 0.420. The molecular weight excluding hydrogens is 442 g/mol. The molecule has 1 fully saturated rings. The third kappa shape index (κ3) is 5.11. The van der Waals surface area contributed by atoms with Crippen molar-refractivity contribution in [3.8, 4) is 5.75 Å². The van der Waals surface area contributed by atoms with Crippen molar-refractivity contribution in [2.24, 2.45) is 0 Å². The molecule has 1 saturated heterocycles. The summed E-state index contributed by atoms with van der Waals surface area (Å²) in [6.07, 6.45) is 0.806. The minimum absolute atomic E-state index is 0.122. The lowest BCUT2D eigenvalue weighted by Crippen LogP contribution is -2.47. The Morgan fingerprint density at radius 1 is 1.06 bits per heavy atom. The molecule has 0 bridgehead atoms. The summed E-state index contributed by atoms with van der Waals surface area (Å²) in [5.41, 5.74) is 2.52. The summed E-state index contributed by atoms with van der Waals surface area (Å²) >= 11 is 0. The maximum absolute atomic E-state index is 13.4. The number of tetrazole rings is 1. The fourth-order valence-corrected chi connectivity index (χ4v) is 4.69. The summed E-state index contributed by atoms with van der Waals surface area (Å²) in [5.74, 6) is 1.47. The Morgan fingerprint density at radius 2 is 1.86 bits per heavy atom. The Labute approximate surface area is 204 Å². The fourth-order valence-electron chi connectivity index (χ4n) is 4.69. The Kier molecular flexibility index (Phi) is 6.87. The van der Waals surface area contributed by atoms with E-state index in [4.69, 9.17) is 4.74 Å². The monoisotopic (exact) mass is 473 g/mol. The predicted octanol–water partition coefficient (Wildman–Crippen LogP) is 2.49. The summed E-state index contributed by atoms with van der Waals surface area (Å²) in [7, 11) is 2.12. The van der Waals surface area contributed by atoms with Gasteiger partial charge in [0.05, 0.1) is 6.61 Å². The van der Waals surface area contributed by atoms with Crippen molar-refractivity contribution in [1.29, 1.82) is 0 Å². The zero-order valence-electron chi connectivity index (χ0n) is 20.2. The maximum Gasteiger partial charge on any atom is 0.253 e. The molecule has 3 heterocycles. The van der Waals surface area contributed by atoms with Crippen LogP contribution in [-0.2, 0) is 13.0 Å². The number of benzene rings is 2. The van der Waals surface area contributed by atoms with Gasteiger partial charge in [0.25, 0.3) is 5.56 Å². The second kappa shape index (κ2) is 10.4. The van der Waals surface area contributed by atoms with Gasteiger partial charge in [0, 0.05) is 49.2 Å². The van der Waals surface area contributed by atoms with Gasteiger partial charge in [0.15, 0.2) is 5.82 Å². The number of aromatic nitrogens is 5. The van der Waals surface area contributed by atoms with E-state index in [1.807, 2.05) is 54.1 Å². The number of hydrogen-bond donors (Lipinski definition) is 1. The van der Waals surface area contributed by atoms with Crippen LogP contribution in [0.4, 0.5) is 0 Å².